The predicted molar refractivity (Wildman–Crippen MR) is 55.2 cm³/mol. The lowest BCUT2D eigenvalue weighted by Crippen LogP contribution is -2.25. The molecule has 2 heterocycles. The lowest BCUT2D eigenvalue weighted by molar-refractivity contribution is -0.121. The molecule has 0 bridgehead atoms. The maximum Gasteiger partial charge on any atom is 0.276 e. The number of hydrogen-bond acceptors (Lipinski definition) is 3. The Balaban J connectivity index is 2.29. The van der Waals surface area contributed by atoms with Gasteiger partial charge in [-0.05, 0) is 24.4 Å². The quantitative estimate of drug-likeness (QED) is 0.551. The molecule has 5 heteroatoms. The number of nitrogens with zero attached hydrogens (tertiary/aromatic N) is 1. The molecule has 0 spiro atoms. The van der Waals surface area contributed by atoms with Crippen molar-refractivity contribution in [2.45, 2.75) is 0 Å². The van der Waals surface area contributed by atoms with Crippen molar-refractivity contribution in [3.8, 4) is 0 Å². The first-order chi connectivity index (χ1) is 6.68. The summed E-state index contributed by atoms with van der Waals surface area (Å²) in [5.74, 6) is -0.129. The van der Waals surface area contributed by atoms with E-state index in [1.165, 1.54) is 4.90 Å². The molecule has 1 aliphatic heterocycles. The van der Waals surface area contributed by atoms with Gasteiger partial charge in [0.05, 0.1) is 12.5 Å². The molecule has 1 aromatic rings. The van der Waals surface area contributed by atoms with Crippen LogP contribution in [0.15, 0.2) is 28.7 Å². The first kappa shape index (κ1) is 8.96. The molecule has 0 aliphatic carbocycles. The second-order valence-electron chi connectivity index (χ2n) is 2.91. The van der Waals surface area contributed by atoms with Crippen molar-refractivity contribution in [2.75, 3.05) is 7.05 Å². The fourth-order valence-electron chi connectivity index (χ4n) is 1.15. The summed E-state index contributed by atoms with van der Waals surface area (Å²) in [5.41, 5.74) is 1.30. The van der Waals surface area contributed by atoms with Gasteiger partial charge in [-0.2, -0.15) is 0 Å². The zero-order valence-electron chi connectivity index (χ0n) is 7.48. The van der Waals surface area contributed by atoms with Crippen molar-refractivity contribution in [1.29, 1.82) is 0 Å². The SMILES string of the molecule is CN1C(=O)/C(=C/c2ccoc2)NC1=S. The lowest BCUT2D eigenvalue weighted by atomic mass is 10.2. The van der Waals surface area contributed by atoms with Crippen molar-refractivity contribution in [1.82, 2.24) is 10.2 Å². The summed E-state index contributed by atoms with van der Waals surface area (Å²) >= 11 is 4.92. The van der Waals surface area contributed by atoms with Gasteiger partial charge in [-0.15, -0.1) is 0 Å². The summed E-state index contributed by atoms with van der Waals surface area (Å²) in [4.78, 5) is 12.9. The molecule has 0 unspecified atom stereocenters. The molecule has 0 radical (unpaired) electrons. The molecule has 1 aliphatic rings. The van der Waals surface area contributed by atoms with Crippen LogP contribution < -0.4 is 5.32 Å². The van der Waals surface area contributed by atoms with E-state index in [0.29, 0.717) is 10.8 Å². The van der Waals surface area contributed by atoms with Crippen LogP contribution in [0.5, 0.6) is 0 Å². The first-order valence-corrected chi connectivity index (χ1v) is 4.42. The Morgan fingerprint density at radius 2 is 2.43 bits per heavy atom. The minimum absolute atomic E-state index is 0.129. The number of furan rings is 1. The summed E-state index contributed by atoms with van der Waals surface area (Å²) in [5, 5.41) is 3.24. The van der Waals surface area contributed by atoms with Crippen molar-refractivity contribution in [3.63, 3.8) is 0 Å². The van der Waals surface area contributed by atoms with Crippen LogP contribution in [-0.2, 0) is 4.79 Å². The van der Waals surface area contributed by atoms with Crippen LogP contribution in [0.2, 0.25) is 0 Å². The van der Waals surface area contributed by atoms with Gasteiger partial charge in [-0.3, -0.25) is 9.69 Å². The number of likely N-dealkylation sites (N-methyl/N-ethyl adjacent to an activating group) is 1. The van der Waals surface area contributed by atoms with E-state index in [1.807, 2.05) is 0 Å². The topological polar surface area (TPSA) is 45.5 Å². The van der Waals surface area contributed by atoms with Crippen molar-refractivity contribution in [3.05, 3.63) is 29.9 Å². The maximum atomic E-state index is 11.5. The Morgan fingerprint density at radius 3 is 2.93 bits per heavy atom. The van der Waals surface area contributed by atoms with Crippen LogP contribution in [0.25, 0.3) is 6.08 Å². The molecule has 2 rings (SSSR count). The van der Waals surface area contributed by atoms with Crippen LogP contribution in [0.3, 0.4) is 0 Å². The zero-order chi connectivity index (χ0) is 10.1. The molecule has 1 N–H and O–H groups in total. The van der Waals surface area contributed by atoms with E-state index in [-0.39, 0.29) is 5.91 Å². The minimum Gasteiger partial charge on any atom is -0.472 e. The fraction of sp³-hybridized carbons (Fsp3) is 0.111. The second kappa shape index (κ2) is 3.26. The molecule has 0 atom stereocenters. The summed E-state index contributed by atoms with van der Waals surface area (Å²) < 4.78 is 4.88. The van der Waals surface area contributed by atoms with E-state index >= 15 is 0 Å². The molecule has 4 nitrogen and oxygen atoms in total. The highest BCUT2D eigenvalue weighted by Crippen LogP contribution is 2.12. The summed E-state index contributed by atoms with van der Waals surface area (Å²) in [6.07, 6.45) is 4.80. The standard InChI is InChI=1S/C9H8N2O2S/c1-11-8(12)7(10-9(11)14)4-6-2-3-13-5-6/h2-5H,1H3,(H,10,14)/b7-4-. The molecule has 0 saturated carbocycles. The van der Waals surface area contributed by atoms with Crippen LogP contribution in [0.4, 0.5) is 0 Å². The highest BCUT2D eigenvalue weighted by molar-refractivity contribution is 7.80. The van der Waals surface area contributed by atoms with Gasteiger partial charge in [0.15, 0.2) is 5.11 Å². The van der Waals surface area contributed by atoms with Crippen molar-refractivity contribution < 1.29 is 9.21 Å². The molecule has 1 aromatic heterocycles. The number of rotatable bonds is 1. The highest BCUT2D eigenvalue weighted by atomic mass is 32.1. The van der Waals surface area contributed by atoms with Gasteiger partial charge in [-0.25, -0.2) is 0 Å². The third kappa shape index (κ3) is 1.42. The van der Waals surface area contributed by atoms with Crippen LogP contribution in [-0.4, -0.2) is 23.0 Å². The second-order valence-corrected chi connectivity index (χ2v) is 3.30. The van der Waals surface area contributed by atoms with Crippen molar-refractivity contribution >= 4 is 29.3 Å². The summed E-state index contributed by atoms with van der Waals surface area (Å²) in [7, 11) is 1.63. The van der Waals surface area contributed by atoms with Gasteiger partial charge < -0.3 is 9.73 Å². The van der Waals surface area contributed by atoms with E-state index in [9.17, 15) is 4.79 Å². The molecule has 1 amide bonds. The third-order valence-corrected chi connectivity index (χ3v) is 2.31. The Hall–Kier alpha value is -1.62. The Morgan fingerprint density at radius 1 is 1.64 bits per heavy atom. The summed E-state index contributed by atoms with van der Waals surface area (Å²) in [6.45, 7) is 0. The number of carbonyl (C=O) groups excluding carboxylic acids is 1. The number of carbonyl (C=O) groups is 1. The van der Waals surface area contributed by atoms with Crippen LogP contribution in [0, 0.1) is 0 Å². The van der Waals surface area contributed by atoms with E-state index in [4.69, 9.17) is 16.6 Å². The molecule has 1 fully saturated rings. The highest BCUT2D eigenvalue weighted by Gasteiger charge is 2.26. The summed E-state index contributed by atoms with van der Waals surface area (Å²) in [6, 6.07) is 1.77. The fourth-order valence-corrected chi connectivity index (χ4v) is 1.34. The van der Waals surface area contributed by atoms with Gasteiger partial charge in [0, 0.05) is 12.6 Å². The average molecular weight is 208 g/mol. The normalized spacial score (nSPS) is 19.2. The van der Waals surface area contributed by atoms with E-state index in [0.717, 1.165) is 5.56 Å². The first-order valence-electron chi connectivity index (χ1n) is 4.01. The molecule has 14 heavy (non-hydrogen) atoms. The molecule has 0 aromatic carbocycles. The monoisotopic (exact) mass is 208 g/mol. The Bertz CT molecular complexity index is 408. The molecule has 1 saturated heterocycles. The largest absolute Gasteiger partial charge is 0.472 e. The van der Waals surface area contributed by atoms with E-state index in [2.05, 4.69) is 5.32 Å². The maximum absolute atomic E-state index is 11.5. The Labute approximate surface area is 86.2 Å². The molecular weight excluding hydrogens is 200 g/mol. The smallest absolute Gasteiger partial charge is 0.276 e. The van der Waals surface area contributed by atoms with Crippen LogP contribution in [0.1, 0.15) is 5.56 Å². The van der Waals surface area contributed by atoms with Gasteiger partial charge in [0.1, 0.15) is 5.70 Å². The zero-order valence-corrected chi connectivity index (χ0v) is 8.30. The molecular formula is C9H8N2O2S. The predicted octanol–water partition coefficient (Wildman–Crippen LogP) is 0.967. The number of hydrogen-bond donors (Lipinski definition) is 1. The Kier molecular flexibility index (Phi) is 2.09. The van der Waals surface area contributed by atoms with E-state index in [1.54, 1.807) is 31.7 Å². The van der Waals surface area contributed by atoms with E-state index < -0.39 is 0 Å². The van der Waals surface area contributed by atoms with Crippen LogP contribution >= 0.6 is 12.2 Å². The van der Waals surface area contributed by atoms with Gasteiger partial charge in [0.25, 0.3) is 5.91 Å². The van der Waals surface area contributed by atoms with Gasteiger partial charge in [0.2, 0.25) is 0 Å². The number of nitrogens with one attached hydrogen (secondary N) is 1. The number of thiocarbonyl (C=S) groups is 1. The van der Waals surface area contributed by atoms with Gasteiger partial charge >= 0.3 is 0 Å². The lowest BCUT2D eigenvalue weighted by Gasteiger charge is -2.02. The minimum atomic E-state index is -0.129. The third-order valence-electron chi connectivity index (χ3n) is 1.94. The average Bonchev–Trinajstić information content (AvgIpc) is 2.73. The number of amides is 1. The van der Waals surface area contributed by atoms with Gasteiger partial charge in [-0.1, -0.05) is 0 Å². The van der Waals surface area contributed by atoms with Crippen molar-refractivity contribution in [2.24, 2.45) is 0 Å². The molecule has 72 valence electrons.